The van der Waals surface area contributed by atoms with Gasteiger partial charge in [-0.25, -0.2) is 9.59 Å². The van der Waals surface area contributed by atoms with E-state index >= 15 is 0 Å². The Balaban J connectivity index is 0.777. The Morgan fingerprint density at radius 2 is 1.55 bits per heavy atom. The van der Waals surface area contributed by atoms with Gasteiger partial charge in [-0.15, -0.1) is 0 Å². The predicted molar refractivity (Wildman–Crippen MR) is 233 cm³/mol. The van der Waals surface area contributed by atoms with E-state index in [2.05, 4.69) is 20.5 Å². The van der Waals surface area contributed by atoms with Crippen LogP contribution in [-0.4, -0.2) is 77.7 Å². The molecule has 5 N–H and O–H groups in total. The van der Waals surface area contributed by atoms with Gasteiger partial charge in [0.1, 0.15) is 43.2 Å². The minimum Gasteiger partial charge on any atom is -0.506 e. The highest BCUT2D eigenvalue weighted by Gasteiger charge is 2.37. The first-order chi connectivity index (χ1) is 30.3. The number of rotatable bonds is 17. The zero-order valence-electron chi connectivity index (χ0n) is 34.2. The standard InChI is InChI=1S/C49H50N4O9/c54-42-18-16-40(41-17-19-45(56)51-47(41)42)43(55)29-50-28-33-6-4-10-38(26-33)59-24-25-60-48(57)36-14-12-32(13-15-36)31-61-39-11-5-9-37(27-39)46(35-7-2-1-3-8-35)52-49(58)62-44-30-53-22-20-34(44)21-23-53/h1-19,26-27,34,43-44,46,50,54-55H,20-25,28-31H2,(H,51,56)(H,52,58)/t43-,44-,46-/m0/s1. The fourth-order valence-electron chi connectivity index (χ4n) is 8.16. The molecular formula is C49H50N4O9. The fourth-order valence-corrected chi connectivity index (χ4v) is 8.16. The van der Waals surface area contributed by atoms with E-state index in [1.165, 1.54) is 12.1 Å². The number of carbonyl (C=O) groups excluding carboxylic acids is 2. The second-order valence-electron chi connectivity index (χ2n) is 15.7. The van der Waals surface area contributed by atoms with E-state index < -0.39 is 24.2 Å². The number of H-pyrrole nitrogens is 1. The second kappa shape index (κ2) is 19.8. The van der Waals surface area contributed by atoms with E-state index in [0.29, 0.717) is 40.5 Å². The number of amides is 1. The van der Waals surface area contributed by atoms with Crippen LogP contribution in [-0.2, 0) is 22.6 Å². The zero-order valence-corrected chi connectivity index (χ0v) is 34.2. The first kappa shape index (κ1) is 42.0. The largest absolute Gasteiger partial charge is 0.506 e. The molecule has 1 aromatic heterocycles. The molecule has 3 atom stereocenters. The number of alkyl carbamates (subject to hydrolysis) is 1. The van der Waals surface area contributed by atoms with Crippen LogP contribution in [0.3, 0.4) is 0 Å². The van der Waals surface area contributed by atoms with Crippen molar-refractivity contribution in [3.8, 4) is 17.2 Å². The summed E-state index contributed by atoms with van der Waals surface area (Å²) < 4.78 is 23.5. The van der Waals surface area contributed by atoms with Crippen LogP contribution in [0.1, 0.15) is 63.2 Å². The molecule has 4 heterocycles. The van der Waals surface area contributed by atoms with Crippen LogP contribution in [0.5, 0.6) is 17.2 Å². The highest BCUT2D eigenvalue weighted by Crippen LogP contribution is 2.32. The number of aromatic nitrogens is 1. The average molecular weight is 839 g/mol. The molecule has 3 saturated heterocycles. The molecule has 9 rings (SSSR count). The van der Waals surface area contributed by atoms with E-state index in [0.717, 1.165) is 54.7 Å². The van der Waals surface area contributed by atoms with Crippen molar-refractivity contribution >= 4 is 23.0 Å². The van der Waals surface area contributed by atoms with Gasteiger partial charge in [-0.2, -0.15) is 0 Å². The third kappa shape index (κ3) is 10.6. The summed E-state index contributed by atoms with van der Waals surface area (Å²) in [6.45, 7) is 4.10. The number of aliphatic hydroxyl groups excluding tert-OH is 1. The van der Waals surface area contributed by atoms with Gasteiger partial charge in [-0.05, 0) is 108 Å². The number of hydrogen-bond donors (Lipinski definition) is 5. The summed E-state index contributed by atoms with van der Waals surface area (Å²) in [4.78, 5) is 42.7. The maximum atomic E-state index is 13.2. The van der Waals surface area contributed by atoms with Crippen molar-refractivity contribution in [2.24, 2.45) is 5.92 Å². The summed E-state index contributed by atoms with van der Waals surface area (Å²) in [6.07, 6.45) is 0.720. The summed E-state index contributed by atoms with van der Waals surface area (Å²) in [5.74, 6) is 1.13. The van der Waals surface area contributed by atoms with E-state index in [1.807, 2.05) is 91.0 Å². The third-order valence-corrected chi connectivity index (χ3v) is 11.5. The Hall–Kier alpha value is -6.67. The first-order valence-corrected chi connectivity index (χ1v) is 20.9. The number of nitrogens with zero attached hydrogens (tertiary/aromatic N) is 1. The predicted octanol–water partition coefficient (Wildman–Crippen LogP) is 6.78. The Morgan fingerprint density at radius 3 is 2.32 bits per heavy atom. The SMILES string of the molecule is O=C(N[C@@H](c1ccccc1)c1cccc(OCc2ccc(C(=O)OCCOc3cccc(CNC[C@H](O)c4ccc(O)c5[nH]c(=O)ccc45)c3)cc2)c1)O[C@H]1CN2CCC1CC2. The number of benzene rings is 5. The van der Waals surface area contributed by atoms with Crippen molar-refractivity contribution in [2.75, 3.05) is 39.4 Å². The number of aromatic amines is 1. The molecular weight excluding hydrogens is 789 g/mol. The number of hydrogen-bond acceptors (Lipinski definition) is 11. The minimum atomic E-state index is -0.882. The van der Waals surface area contributed by atoms with E-state index in [1.54, 1.807) is 24.3 Å². The zero-order chi connectivity index (χ0) is 42.8. The molecule has 5 aromatic carbocycles. The molecule has 3 aliphatic heterocycles. The molecule has 0 spiro atoms. The van der Waals surface area contributed by atoms with Gasteiger partial charge >= 0.3 is 12.1 Å². The van der Waals surface area contributed by atoms with Gasteiger partial charge in [0.05, 0.1) is 23.2 Å². The third-order valence-electron chi connectivity index (χ3n) is 11.5. The molecule has 3 aliphatic rings. The summed E-state index contributed by atoms with van der Waals surface area (Å²) in [5.41, 5.74) is 4.51. The number of phenols is 1. The van der Waals surface area contributed by atoms with Gasteiger partial charge in [0, 0.05) is 31.1 Å². The fraction of sp³-hybridized carbons (Fsp3) is 0.286. The molecule has 0 radical (unpaired) electrons. The number of carbonyl (C=O) groups is 2. The molecule has 1 amide bonds. The number of pyridine rings is 1. The van der Waals surface area contributed by atoms with Crippen LogP contribution in [0, 0.1) is 5.92 Å². The molecule has 0 unspecified atom stereocenters. The number of fused-ring (bicyclic) bond motifs is 4. The van der Waals surface area contributed by atoms with Gasteiger partial charge < -0.3 is 44.8 Å². The lowest BCUT2D eigenvalue weighted by atomic mass is 9.86. The van der Waals surface area contributed by atoms with Gasteiger partial charge in [0.2, 0.25) is 5.56 Å². The highest BCUT2D eigenvalue weighted by atomic mass is 16.6. The van der Waals surface area contributed by atoms with Gasteiger partial charge in [0.25, 0.3) is 0 Å². The summed E-state index contributed by atoms with van der Waals surface area (Å²) in [5, 5.41) is 27.9. The molecule has 3 fully saturated rings. The Bertz CT molecular complexity index is 2520. The minimum absolute atomic E-state index is 0.0524. The summed E-state index contributed by atoms with van der Waals surface area (Å²) >= 11 is 0. The Labute approximate surface area is 359 Å². The van der Waals surface area contributed by atoms with E-state index in [-0.39, 0.29) is 49.3 Å². The number of piperidine rings is 3. The lowest BCUT2D eigenvalue weighted by Gasteiger charge is -2.43. The smallest absolute Gasteiger partial charge is 0.408 e. The summed E-state index contributed by atoms with van der Waals surface area (Å²) in [7, 11) is 0. The molecule has 320 valence electrons. The maximum absolute atomic E-state index is 13.2. The number of aromatic hydroxyl groups is 1. The second-order valence-corrected chi connectivity index (χ2v) is 15.7. The normalized spacial score (nSPS) is 17.8. The molecule has 0 aliphatic carbocycles. The van der Waals surface area contributed by atoms with Crippen LogP contribution in [0.15, 0.2) is 132 Å². The van der Waals surface area contributed by atoms with E-state index in [9.17, 15) is 24.6 Å². The van der Waals surface area contributed by atoms with E-state index in [4.69, 9.17) is 18.9 Å². The molecule has 2 bridgehead atoms. The molecule has 13 nitrogen and oxygen atoms in total. The van der Waals surface area contributed by atoms with Crippen LogP contribution in [0.4, 0.5) is 4.79 Å². The number of aliphatic hydroxyl groups is 1. The van der Waals surface area contributed by atoms with Crippen molar-refractivity contribution in [3.63, 3.8) is 0 Å². The lowest BCUT2D eigenvalue weighted by Crippen LogP contribution is -2.52. The number of phenolic OH excluding ortho intramolecular Hbond substituents is 1. The quantitative estimate of drug-likeness (QED) is 0.0485. The monoisotopic (exact) mass is 838 g/mol. The van der Waals surface area contributed by atoms with Crippen molar-refractivity contribution in [2.45, 2.75) is 44.2 Å². The summed E-state index contributed by atoms with van der Waals surface area (Å²) in [6, 6.07) is 37.6. The average Bonchev–Trinajstić information content (AvgIpc) is 3.30. The Morgan fingerprint density at radius 1 is 0.790 bits per heavy atom. The molecule has 13 heteroatoms. The van der Waals surface area contributed by atoms with Crippen LogP contribution >= 0.6 is 0 Å². The van der Waals surface area contributed by atoms with Crippen molar-refractivity contribution in [1.29, 1.82) is 0 Å². The topological polar surface area (TPSA) is 172 Å². The van der Waals surface area contributed by atoms with Crippen molar-refractivity contribution in [3.05, 3.63) is 171 Å². The van der Waals surface area contributed by atoms with Crippen LogP contribution < -0.4 is 25.7 Å². The number of nitrogens with one attached hydrogen (secondary N) is 3. The van der Waals surface area contributed by atoms with Crippen LogP contribution in [0.2, 0.25) is 0 Å². The molecule has 62 heavy (non-hydrogen) atoms. The van der Waals surface area contributed by atoms with Crippen molar-refractivity contribution < 1.29 is 38.7 Å². The molecule has 6 aromatic rings. The number of ether oxygens (including phenoxy) is 4. The maximum Gasteiger partial charge on any atom is 0.408 e. The molecule has 0 saturated carbocycles. The van der Waals surface area contributed by atoms with Crippen molar-refractivity contribution in [1.82, 2.24) is 20.5 Å². The number of esters is 1. The van der Waals surface area contributed by atoms with Gasteiger partial charge in [-0.1, -0.05) is 72.8 Å². The Kier molecular flexibility index (Phi) is 13.4. The van der Waals surface area contributed by atoms with Crippen LogP contribution in [0.25, 0.3) is 10.9 Å². The lowest BCUT2D eigenvalue weighted by molar-refractivity contribution is -0.0336. The van der Waals surface area contributed by atoms with Gasteiger partial charge in [-0.3, -0.25) is 9.69 Å². The highest BCUT2D eigenvalue weighted by molar-refractivity contribution is 5.89. The van der Waals surface area contributed by atoms with Gasteiger partial charge in [0.15, 0.2) is 0 Å². The first-order valence-electron chi connectivity index (χ1n) is 20.9.